The number of benzene rings is 8. The second kappa shape index (κ2) is 11.1. The van der Waals surface area contributed by atoms with Crippen molar-refractivity contribution in [2.75, 3.05) is 0 Å². The zero-order valence-corrected chi connectivity index (χ0v) is 29.1. The van der Waals surface area contributed by atoms with Gasteiger partial charge >= 0.3 is 0 Å². The Labute approximate surface area is 309 Å². The number of fused-ring (bicyclic) bond motifs is 12. The molecule has 8 aromatic carbocycles. The molecule has 4 aromatic heterocycles. The molecule has 0 spiro atoms. The normalized spacial score (nSPS) is 12.1. The van der Waals surface area contributed by atoms with Crippen LogP contribution in [0.3, 0.4) is 0 Å². The van der Waals surface area contributed by atoms with Crippen LogP contribution in [-0.2, 0) is 0 Å². The van der Waals surface area contributed by atoms with Gasteiger partial charge in [-0.05, 0) is 35.7 Å². The number of para-hydroxylation sites is 3. The highest BCUT2D eigenvalue weighted by atomic mass is 15.0. The topological polar surface area (TPSA) is 34.6 Å². The van der Waals surface area contributed by atoms with Crippen molar-refractivity contribution in [3.8, 4) is 33.9 Å². The van der Waals surface area contributed by atoms with Gasteiger partial charge < -0.3 is 8.80 Å². The molecule has 0 saturated heterocycles. The minimum absolute atomic E-state index is 0.714. The van der Waals surface area contributed by atoms with E-state index in [1.807, 2.05) is 24.3 Å². The van der Waals surface area contributed by atoms with Gasteiger partial charge in [0.2, 0.25) is 0 Å². The molecule has 0 aliphatic rings. The van der Waals surface area contributed by atoms with E-state index in [0.29, 0.717) is 5.82 Å². The van der Waals surface area contributed by atoms with E-state index in [2.05, 4.69) is 167 Å². The van der Waals surface area contributed by atoms with Crippen LogP contribution in [0.4, 0.5) is 0 Å². The van der Waals surface area contributed by atoms with E-state index in [4.69, 9.17) is 9.97 Å². The van der Waals surface area contributed by atoms with E-state index in [1.54, 1.807) is 0 Å². The van der Waals surface area contributed by atoms with Crippen molar-refractivity contribution in [1.82, 2.24) is 18.8 Å². The molecule has 4 heteroatoms. The summed E-state index contributed by atoms with van der Waals surface area (Å²) >= 11 is 0. The number of rotatable bonds is 3. The zero-order valence-electron chi connectivity index (χ0n) is 29.1. The van der Waals surface area contributed by atoms with Crippen molar-refractivity contribution in [3.63, 3.8) is 0 Å². The van der Waals surface area contributed by atoms with Gasteiger partial charge in [0.25, 0.3) is 0 Å². The molecular weight excluding hydrogens is 657 g/mol. The summed E-state index contributed by atoms with van der Waals surface area (Å²) in [5.41, 5.74) is 12.1. The molecule has 12 rings (SSSR count). The lowest BCUT2D eigenvalue weighted by Crippen LogP contribution is -1.96. The largest absolute Gasteiger partial charge is 0.306 e. The fraction of sp³-hybridized carbons (Fsp3) is 0. The summed E-state index contributed by atoms with van der Waals surface area (Å²) < 4.78 is 5.03. The van der Waals surface area contributed by atoms with E-state index in [1.165, 1.54) is 70.7 Å². The van der Waals surface area contributed by atoms with Gasteiger partial charge in [-0.2, -0.15) is 0 Å². The number of nitrogens with zero attached hydrogens (tertiary/aromatic N) is 4. The molecule has 0 saturated carbocycles. The van der Waals surface area contributed by atoms with E-state index < -0.39 is 0 Å². The summed E-state index contributed by atoms with van der Waals surface area (Å²) in [4.78, 5) is 10.3. The van der Waals surface area contributed by atoms with Gasteiger partial charge in [0.15, 0.2) is 5.82 Å². The van der Waals surface area contributed by atoms with Crippen LogP contribution in [0.1, 0.15) is 0 Å². The first-order valence-corrected chi connectivity index (χ1v) is 18.4. The lowest BCUT2D eigenvalue weighted by molar-refractivity contribution is 1.18. The maximum absolute atomic E-state index is 5.20. The lowest BCUT2D eigenvalue weighted by atomic mass is 10.0. The van der Waals surface area contributed by atoms with Crippen molar-refractivity contribution in [3.05, 3.63) is 182 Å². The summed E-state index contributed by atoms with van der Waals surface area (Å²) in [6.07, 6.45) is 0. The molecule has 54 heavy (non-hydrogen) atoms. The predicted molar refractivity (Wildman–Crippen MR) is 225 cm³/mol. The zero-order chi connectivity index (χ0) is 35.3. The molecule has 0 atom stereocenters. The van der Waals surface area contributed by atoms with Gasteiger partial charge in [-0.25, -0.2) is 9.97 Å². The average Bonchev–Trinajstić information content (AvgIpc) is 3.76. The van der Waals surface area contributed by atoms with Crippen LogP contribution < -0.4 is 0 Å². The average molecular weight is 687 g/mol. The molecule has 0 N–H and O–H groups in total. The maximum Gasteiger partial charge on any atom is 0.160 e. The highest BCUT2D eigenvalue weighted by Crippen LogP contribution is 2.42. The third-order valence-electron chi connectivity index (χ3n) is 11.2. The van der Waals surface area contributed by atoms with Crippen LogP contribution in [-0.4, -0.2) is 18.8 Å². The minimum atomic E-state index is 0.714. The Morgan fingerprint density at radius 2 is 0.852 bits per heavy atom. The highest BCUT2D eigenvalue weighted by Gasteiger charge is 2.21. The first kappa shape index (κ1) is 29.3. The molecule has 0 unspecified atom stereocenters. The van der Waals surface area contributed by atoms with Gasteiger partial charge in [0.1, 0.15) is 0 Å². The molecule has 0 fully saturated rings. The van der Waals surface area contributed by atoms with Crippen molar-refractivity contribution < 1.29 is 0 Å². The Morgan fingerprint density at radius 1 is 0.296 bits per heavy atom. The second-order valence-electron chi connectivity index (χ2n) is 14.2. The summed E-state index contributed by atoms with van der Waals surface area (Å²) in [6, 6.07) is 65.4. The van der Waals surface area contributed by atoms with E-state index >= 15 is 0 Å². The van der Waals surface area contributed by atoms with Gasteiger partial charge in [0, 0.05) is 54.4 Å². The monoisotopic (exact) mass is 686 g/mol. The second-order valence-corrected chi connectivity index (χ2v) is 14.2. The van der Waals surface area contributed by atoms with Crippen molar-refractivity contribution in [2.45, 2.75) is 0 Å². The van der Waals surface area contributed by atoms with Crippen molar-refractivity contribution >= 4 is 76.2 Å². The Morgan fingerprint density at radius 3 is 1.67 bits per heavy atom. The lowest BCUT2D eigenvalue weighted by Gasteiger charge is -2.13. The molecule has 12 aromatic rings. The Hall–Kier alpha value is -7.30. The van der Waals surface area contributed by atoms with Gasteiger partial charge in [-0.1, -0.05) is 152 Å². The third kappa shape index (κ3) is 4.08. The minimum Gasteiger partial charge on any atom is -0.306 e. The molecular formula is C50H30N4. The van der Waals surface area contributed by atoms with E-state index in [0.717, 1.165) is 33.6 Å². The number of hydrogen-bond donors (Lipinski definition) is 0. The SMILES string of the molecule is c1ccc(-c2cc(-c3ccc4c(c3)c3cccc5c6ccc7ccccc7c6n6c7ccccc7c7cccc(c76)n4c35)nc(-c3ccccc3)n2)cc1. The Bertz CT molecular complexity index is 3430. The molecule has 0 bridgehead atoms. The van der Waals surface area contributed by atoms with Crippen LogP contribution in [0, 0.1) is 0 Å². The van der Waals surface area contributed by atoms with Crippen LogP contribution in [0.25, 0.3) is 110 Å². The third-order valence-corrected chi connectivity index (χ3v) is 11.2. The Kier molecular flexibility index (Phi) is 6.02. The first-order chi connectivity index (χ1) is 26.8. The fourth-order valence-electron chi connectivity index (χ4n) is 8.89. The highest BCUT2D eigenvalue weighted by molar-refractivity contribution is 6.26. The van der Waals surface area contributed by atoms with Crippen molar-refractivity contribution in [2.24, 2.45) is 0 Å². The van der Waals surface area contributed by atoms with Crippen molar-refractivity contribution in [1.29, 1.82) is 0 Å². The van der Waals surface area contributed by atoms with Gasteiger partial charge in [-0.15, -0.1) is 0 Å². The Balaban J connectivity index is 1.25. The predicted octanol–water partition coefficient (Wildman–Crippen LogP) is 12.9. The fourth-order valence-corrected chi connectivity index (χ4v) is 8.89. The van der Waals surface area contributed by atoms with Crippen LogP contribution in [0.5, 0.6) is 0 Å². The molecule has 4 nitrogen and oxygen atoms in total. The molecule has 0 radical (unpaired) electrons. The quantitative estimate of drug-likeness (QED) is 0.185. The van der Waals surface area contributed by atoms with Crippen LogP contribution in [0.15, 0.2) is 182 Å². The summed E-state index contributed by atoms with van der Waals surface area (Å²) in [6.45, 7) is 0. The van der Waals surface area contributed by atoms with Gasteiger partial charge in [-0.3, -0.25) is 0 Å². The molecule has 0 aliphatic carbocycles. The molecule has 4 heterocycles. The van der Waals surface area contributed by atoms with E-state index in [9.17, 15) is 0 Å². The summed E-state index contributed by atoms with van der Waals surface area (Å²) in [5, 5.41) is 9.80. The molecule has 0 amide bonds. The standard InChI is InChI=1S/C50H30N4/c1-3-14-32(15-4-1)42-30-43(52-50(51-42)33-16-5-2-6-17-33)34-26-28-45-41(29-34)39-21-11-20-38-40-27-25-31-13-7-8-18-35(31)47(40)54-44-23-10-9-19-36(44)37-22-12-24-46(49(37)54)53(45)48(38)39/h1-30H. The van der Waals surface area contributed by atoms with Gasteiger partial charge in [0.05, 0.1) is 44.5 Å². The molecule has 0 aliphatic heterocycles. The first-order valence-electron chi connectivity index (χ1n) is 18.4. The summed E-state index contributed by atoms with van der Waals surface area (Å²) in [5.74, 6) is 0.714. The number of aromatic nitrogens is 4. The van der Waals surface area contributed by atoms with Crippen LogP contribution >= 0.6 is 0 Å². The maximum atomic E-state index is 5.20. The molecule has 250 valence electrons. The van der Waals surface area contributed by atoms with E-state index in [-0.39, 0.29) is 0 Å². The van der Waals surface area contributed by atoms with Crippen LogP contribution in [0.2, 0.25) is 0 Å². The summed E-state index contributed by atoms with van der Waals surface area (Å²) in [7, 11) is 0. The smallest absolute Gasteiger partial charge is 0.160 e. The number of hydrogen-bond acceptors (Lipinski definition) is 2.